The van der Waals surface area contributed by atoms with Crippen LogP contribution in [0.4, 0.5) is 0 Å². The third-order valence-corrected chi connectivity index (χ3v) is 5.65. The van der Waals surface area contributed by atoms with Crippen LogP contribution in [0.25, 0.3) is 0 Å². The molecule has 1 unspecified atom stereocenters. The highest BCUT2D eigenvalue weighted by molar-refractivity contribution is 14.1. The SMILES string of the molecule is NNC(c1cccc(C2CCC2)c1)c1cc(I)ccc1Br. The fourth-order valence-corrected chi connectivity index (χ4v) is 3.83. The van der Waals surface area contributed by atoms with Crippen molar-refractivity contribution in [3.05, 3.63) is 67.2 Å². The molecule has 2 nitrogen and oxygen atoms in total. The van der Waals surface area contributed by atoms with Crippen LogP contribution in [-0.4, -0.2) is 0 Å². The van der Waals surface area contributed by atoms with Gasteiger partial charge in [0.15, 0.2) is 0 Å². The fourth-order valence-electron chi connectivity index (χ4n) is 2.84. The monoisotopic (exact) mass is 456 g/mol. The minimum absolute atomic E-state index is 0.00844. The van der Waals surface area contributed by atoms with E-state index >= 15 is 0 Å². The van der Waals surface area contributed by atoms with E-state index in [0.29, 0.717) is 0 Å². The summed E-state index contributed by atoms with van der Waals surface area (Å²) >= 11 is 5.98. The summed E-state index contributed by atoms with van der Waals surface area (Å²) < 4.78 is 2.29. The Morgan fingerprint density at radius 1 is 1.19 bits per heavy atom. The highest BCUT2D eigenvalue weighted by Crippen LogP contribution is 2.38. The van der Waals surface area contributed by atoms with Crippen molar-refractivity contribution in [2.24, 2.45) is 5.84 Å². The number of hydrogen-bond acceptors (Lipinski definition) is 2. The van der Waals surface area contributed by atoms with Gasteiger partial charge in [-0.25, -0.2) is 5.43 Å². The zero-order chi connectivity index (χ0) is 14.8. The van der Waals surface area contributed by atoms with Crippen molar-refractivity contribution in [2.75, 3.05) is 0 Å². The lowest BCUT2D eigenvalue weighted by atomic mass is 9.79. The van der Waals surface area contributed by atoms with Crippen molar-refractivity contribution in [1.82, 2.24) is 5.43 Å². The summed E-state index contributed by atoms with van der Waals surface area (Å²) in [6, 6.07) is 15.2. The van der Waals surface area contributed by atoms with E-state index in [9.17, 15) is 0 Å². The van der Waals surface area contributed by atoms with Crippen LogP contribution < -0.4 is 11.3 Å². The van der Waals surface area contributed by atoms with Gasteiger partial charge in [-0.1, -0.05) is 46.6 Å². The molecule has 0 spiro atoms. The maximum absolute atomic E-state index is 5.86. The largest absolute Gasteiger partial charge is 0.271 e. The molecule has 0 saturated heterocycles. The first-order valence-corrected chi connectivity index (χ1v) is 9.07. The van der Waals surface area contributed by atoms with Gasteiger partial charge in [0.05, 0.1) is 6.04 Å². The lowest BCUT2D eigenvalue weighted by Crippen LogP contribution is -2.29. The zero-order valence-electron chi connectivity index (χ0n) is 11.7. The van der Waals surface area contributed by atoms with Gasteiger partial charge >= 0.3 is 0 Å². The summed E-state index contributed by atoms with van der Waals surface area (Å²) in [6.45, 7) is 0. The first kappa shape index (κ1) is 15.5. The van der Waals surface area contributed by atoms with Crippen LogP contribution in [-0.2, 0) is 0 Å². The fraction of sp³-hybridized carbons (Fsp3) is 0.294. The average Bonchev–Trinajstić information content (AvgIpc) is 2.42. The topological polar surface area (TPSA) is 38.0 Å². The number of benzene rings is 2. The van der Waals surface area contributed by atoms with Crippen molar-refractivity contribution in [2.45, 2.75) is 31.2 Å². The smallest absolute Gasteiger partial charge is 0.0721 e. The number of nitrogens with two attached hydrogens (primary N) is 1. The van der Waals surface area contributed by atoms with Crippen LogP contribution >= 0.6 is 38.5 Å². The highest BCUT2D eigenvalue weighted by Gasteiger charge is 2.21. The number of halogens is 2. The maximum atomic E-state index is 5.86. The van der Waals surface area contributed by atoms with Crippen molar-refractivity contribution in [1.29, 1.82) is 0 Å². The molecule has 0 bridgehead atoms. The number of rotatable bonds is 4. The molecule has 4 heteroatoms. The molecule has 0 heterocycles. The first-order valence-electron chi connectivity index (χ1n) is 7.20. The molecule has 1 aliphatic rings. The Bertz CT molecular complexity index is 640. The van der Waals surface area contributed by atoms with Crippen LogP contribution in [0, 0.1) is 3.57 Å². The molecule has 0 amide bonds. The number of hydrazine groups is 1. The molecule has 0 aliphatic heterocycles. The summed E-state index contributed by atoms with van der Waals surface area (Å²) in [6.07, 6.45) is 3.99. The van der Waals surface area contributed by atoms with E-state index in [0.717, 1.165) is 10.4 Å². The predicted molar refractivity (Wildman–Crippen MR) is 99.1 cm³/mol. The molecule has 3 rings (SSSR count). The van der Waals surface area contributed by atoms with Gasteiger partial charge in [-0.05, 0) is 76.2 Å². The molecule has 3 N–H and O–H groups in total. The predicted octanol–water partition coefficient (Wildman–Crippen LogP) is 4.87. The minimum atomic E-state index is 0.00844. The standard InChI is InChI=1S/C17H18BrIN2/c18-16-8-7-14(19)10-15(16)17(21-20)13-6-2-5-12(9-13)11-3-1-4-11/h2,5-11,17,21H,1,3-4,20H2. The Balaban J connectivity index is 1.97. The van der Waals surface area contributed by atoms with Gasteiger partial charge < -0.3 is 0 Å². The molecule has 0 radical (unpaired) electrons. The molecule has 2 aromatic carbocycles. The Labute approximate surface area is 147 Å². The second-order valence-corrected chi connectivity index (χ2v) is 7.66. The first-order chi connectivity index (χ1) is 10.2. The summed E-state index contributed by atoms with van der Waals surface area (Å²) in [5, 5.41) is 0. The van der Waals surface area contributed by atoms with E-state index in [1.165, 1.54) is 39.5 Å². The minimum Gasteiger partial charge on any atom is -0.271 e. The molecule has 2 aromatic rings. The molecule has 110 valence electrons. The molecule has 1 fully saturated rings. The van der Waals surface area contributed by atoms with Crippen LogP contribution in [0.15, 0.2) is 46.9 Å². The Morgan fingerprint density at radius 3 is 2.67 bits per heavy atom. The Morgan fingerprint density at radius 2 is 2.00 bits per heavy atom. The molecule has 1 aliphatic carbocycles. The number of hydrogen-bond donors (Lipinski definition) is 2. The highest BCUT2D eigenvalue weighted by atomic mass is 127. The third-order valence-electron chi connectivity index (χ3n) is 4.26. The molecule has 0 aromatic heterocycles. The Kier molecular flexibility index (Phi) is 4.99. The lowest BCUT2D eigenvalue weighted by molar-refractivity contribution is 0.419. The second kappa shape index (κ2) is 6.77. The molecule has 21 heavy (non-hydrogen) atoms. The van der Waals surface area contributed by atoms with Gasteiger partial charge in [0.1, 0.15) is 0 Å². The van der Waals surface area contributed by atoms with Crippen molar-refractivity contribution in [3.63, 3.8) is 0 Å². The molecule has 1 saturated carbocycles. The van der Waals surface area contributed by atoms with E-state index < -0.39 is 0 Å². The van der Waals surface area contributed by atoms with Gasteiger partial charge in [0, 0.05) is 8.04 Å². The lowest BCUT2D eigenvalue weighted by Gasteiger charge is -2.27. The van der Waals surface area contributed by atoms with Crippen LogP contribution in [0.3, 0.4) is 0 Å². The van der Waals surface area contributed by atoms with Crippen LogP contribution in [0.5, 0.6) is 0 Å². The normalized spacial score (nSPS) is 16.5. The molecular weight excluding hydrogens is 439 g/mol. The second-order valence-electron chi connectivity index (χ2n) is 5.56. The van der Waals surface area contributed by atoms with Crippen molar-refractivity contribution < 1.29 is 0 Å². The van der Waals surface area contributed by atoms with E-state index in [-0.39, 0.29) is 6.04 Å². The van der Waals surface area contributed by atoms with Gasteiger partial charge in [-0.15, -0.1) is 0 Å². The molecule has 1 atom stereocenters. The van der Waals surface area contributed by atoms with Gasteiger partial charge in [-0.2, -0.15) is 0 Å². The van der Waals surface area contributed by atoms with E-state index in [1.807, 2.05) is 0 Å². The van der Waals surface area contributed by atoms with Crippen LogP contribution in [0.2, 0.25) is 0 Å². The van der Waals surface area contributed by atoms with Gasteiger partial charge in [-0.3, -0.25) is 5.84 Å². The van der Waals surface area contributed by atoms with Gasteiger partial charge in [0.25, 0.3) is 0 Å². The summed E-state index contributed by atoms with van der Waals surface area (Å²) in [5.74, 6) is 6.59. The average molecular weight is 457 g/mol. The molecular formula is C17H18BrIN2. The van der Waals surface area contributed by atoms with E-state index in [1.54, 1.807) is 0 Å². The third kappa shape index (κ3) is 3.33. The Hall–Kier alpha value is -0.430. The zero-order valence-corrected chi connectivity index (χ0v) is 15.4. The summed E-state index contributed by atoms with van der Waals surface area (Å²) in [7, 11) is 0. The maximum Gasteiger partial charge on any atom is 0.0721 e. The summed E-state index contributed by atoms with van der Waals surface area (Å²) in [5.41, 5.74) is 6.82. The van der Waals surface area contributed by atoms with E-state index in [2.05, 4.69) is 86.4 Å². The quantitative estimate of drug-likeness (QED) is 0.391. The van der Waals surface area contributed by atoms with Gasteiger partial charge in [0.2, 0.25) is 0 Å². The van der Waals surface area contributed by atoms with Crippen molar-refractivity contribution in [3.8, 4) is 0 Å². The van der Waals surface area contributed by atoms with E-state index in [4.69, 9.17) is 5.84 Å². The van der Waals surface area contributed by atoms with Crippen LogP contribution in [0.1, 0.15) is 47.9 Å². The number of nitrogens with one attached hydrogen (secondary N) is 1. The summed E-state index contributed by atoms with van der Waals surface area (Å²) in [4.78, 5) is 0. The van der Waals surface area contributed by atoms with Crippen molar-refractivity contribution >= 4 is 38.5 Å².